The number of hydrogen-bond acceptors (Lipinski definition) is 0. The maximum absolute atomic E-state index is 2.40. The van der Waals surface area contributed by atoms with Gasteiger partial charge in [-0.25, -0.2) is 0 Å². The second-order valence-corrected chi connectivity index (χ2v) is 6.09. The lowest BCUT2D eigenvalue weighted by molar-refractivity contribution is -0.671. The highest BCUT2D eigenvalue weighted by Crippen LogP contribution is 2.11. The van der Waals surface area contributed by atoms with Gasteiger partial charge in [0.15, 0.2) is 6.20 Å². The number of para-hydroxylation sites is 1. The van der Waals surface area contributed by atoms with Gasteiger partial charge in [-0.1, -0.05) is 64.0 Å². The Bertz CT molecular complexity index is 513. The molecule has 0 spiro atoms. The van der Waals surface area contributed by atoms with E-state index in [1.54, 1.807) is 0 Å². The van der Waals surface area contributed by atoms with E-state index in [4.69, 9.17) is 0 Å². The van der Waals surface area contributed by atoms with Crippen molar-refractivity contribution in [2.45, 2.75) is 71.3 Å². The van der Waals surface area contributed by atoms with Crippen LogP contribution in [0.1, 0.15) is 64.7 Å². The maximum Gasteiger partial charge on any atom is 0.212 e. The van der Waals surface area contributed by atoms with Crippen molar-refractivity contribution in [3.63, 3.8) is 0 Å². The number of aryl methyl sites for hydroxylation is 1. The Balaban J connectivity index is 1.64. The number of pyridine rings is 1. The Kier molecular flexibility index (Phi) is 7.28. The number of rotatable bonds is 10. The number of unbranched alkanes of at least 4 members (excludes halogenated alkanes) is 8. The van der Waals surface area contributed by atoms with Gasteiger partial charge in [0.25, 0.3) is 0 Å². The summed E-state index contributed by atoms with van der Waals surface area (Å²) in [7, 11) is 0. The summed E-state index contributed by atoms with van der Waals surface area (Å²) < 4.78 is 2.40. The van der Waals surface area contributed by atoms with E-state index < -0.39 is 0 Å². The smallest absolute Gasteiger partial charge is 0.198 e. The van der Waals surface area contributed by atoms with E-state index in [0.29, 0.717) is 0 Å². The first kappa shape index (κ1) is 16.0. The molecule has 0 fully saturated rings. The molecule has 0 saturated heterocycles. The van der Waals surface area contributed by atoms with Gasteiger partial charge in [-0.05, 0) is 18.6 Å². The molecule has 0 aliphatic carbocycles. The lowest BCUT2D eigenvalue weighted by Gasteiger charge is -2.02. The number of fused-ring (bicyclic) bond motifs is 1. The molecule has 1 aromatic carbocycles. The van der Waals surface area contributed by atoms with Gasteiger partial charge in [0.2, 0.25) is 5.52 Å². The van der Waals surface area contributed by atoms with Crippen molar-refractivity contribution in [3.8, 4) is 0 Å². The Morgan fingerprint density at radius 2 is 1.33 bits per heavy atom. The molecule has 0 radical (unpaired) electrons. The first-order chi connectivity index (χ1) is 10.4. The molecule has 1 heterocycles. The Morgan fingerprint density at radius 3 is 2.10 bits per heavy atom. The normalized spacial score (nSPS) is 11.1. The number of aromatic nitrogens is 1. The van der Waals surface area contributed by atoms with Crippen LogP contribution in [0.5, 0.6) is 0 Å². The molecule has 0 amide bonds. The van der Waals surface area contributed by atoms with Gasteiger partial charge in [-0.3, -0.25) is 0 Å². The Morgan fingerprint density at radius 1 is 0.714 bits per heavy atom. The van der Waals surface area contributed by atoms with Crippen LogP contribution in [0, 0.1) is 0 Å². The van der Waals surface area contributed by atoms with Crippen molar-refractivity contribution in [2.24, 2.45) is 0 Å². The topological polar surface area (TPSA) is 3.88 Å². The minimum Gasteiger partial charge on any atom is -0.198 e. The Hall–Kier alpha value is -1.37. The molecule has 0 aliphatic heterocycles. The number of nitrogens with zero attached hydrogens (tertiary/aromatic N) is 1. The minimum absolute atomic E-state index is 1.15. The summed E-state index contributed by atoms with van der Waals surface area (Å²) in [5.74, 6) is 0. The molecular weight excluding hydrogens is 254 g/mol. The lowest BCUT2D eigenvalue weighted by atomic mass is 10.1. The molecule has 0 bridgehead atoms. The van der Waals surface area contributed by atoms with E-state index in [2.05, 4.69) is 54.1 Å². The van der Waals surface area contributed by atoms with Gasteiger partial charge in [-0.15, -0.1) is 0 Å². The molecule has 21 heavy (non-hydrogen) atoms. The molecule has 2 rings (SSSR count). The van der Waals surface area contributed by atoms with Crippen LogP contribution >= 0.6 is 0 Å². The zero-order chi connectivity index (χ0) is 14.8. The zero-order valence-corrected chi connectivity index (χ0v) is 13.6. The van der Waals surface area contributed by atoms with Crippen molar-refractivity contribution in [1.82, 2.24) is 0 Å². The van der Waals surface area contributed by atoms with Gasteiger partial charge in [0.05, 0.1) is 0 Å². The Labute approximate surface area is 130 Å². The van der Waals surface area contributed by atoms with E-state index >= 15 is 0 Å². The molecule has 1 heteroatoms. The van der Waals surface area contributed by atoms with Gasteiger partial charge < -0.3 is 0 Å². The fourth-order valence-electron chi connectivity index (χ4n) is 3.01. The molecule has 0 aliphatic rings. The average Bonchev–Trinajstić information content (AvgIpc) is 2.53. The molecule has 0 N–H and O–H groups in total. The summed E-state index contributed by atoms with van der Waals surface area (Å²) in [6.45, 7) is 3.43. The molecule has 2 aromatic rings. The largest absolute Gasteiger partial charge is 0.212 e. The number of hydrogen-bond donors (Lipinski definition) is 0. The van der Waals surface area contributed by atoms with Crippen LogP contribution in [-0.4, -0.2) is 0 Å². The summed E-state index contributed by atoms with van der Waals surface area (Å²) >= 11 is 0. The van der Waals surface area contributed by atoms with Crippen molar-refractivity contribution in [3.05, 3.63) is 42.6 Å². The summed E-state index contributed by atoms with van der Waals surface area (Å²) in [4.78, 5) is 0. The summed E-state index contributed by atoms with van der Waals surface area (Å²) in [5.41, 5.74) is 1.36. The molecular formula is C20H30N+. The lowest BCUT2D eigenvalue weighted by Crippen LogP contribution is -2.33. The third-order valence-electron chi connectivity index (χ3n) is 4.29. The highest BCUT2D eigenvalue weighted by atomic mass is 14.9. The van der Waals surface area contributed by atoms with Crippen molar-refractivity contribution >= 4 is 10.9 Å². The number of benzene rings is 1. The molecule has 0 saturated carbocycles. The van der Waals surface area contributed by atoms with Crippen LogP contribution < -0.4 is 4.57 Å². The SMILES string of the molecule is CCCCCCCCCCC[n+]1cccc2ccccc21. The van der Waals surface area contributed by atoms with Gasteiger partial charge in [0.1, 0.15) is 6.54 Å². The molecule has 1 aromatic heterocycles. The molecule has 1 nitrogen and oxygen atoms in total. The molecule has 114 valence electrons. The van der Waals surface area contributed by atoms with Gasteiger partial charge in [0, 0.05) is 23.9 Å². The van der Waals surface area contributed by atoms with E-state index in [9.17, 15) is 0 Å². The minimum atomic E-state index is 1.15. The summed E-state index contributed by atoms with van der Waals surface area (Å²) in [6, 6.07) is 13.0. The highest BCUT2D eigenvalue weighted by molar-refractivity contribution is 5.74. The van der Waals surface area contributed by atoms with E-state index in [-0.39, 0.29) is 0 Å². The van der Waals surface area contributed by atoms with Crippen molar-refractivity contribution in [2.75, 3.05) is 0 Å². The maximum atomic E-state index is 2.40. The summed E-state index contributed by atoms with van der Waals surface area (Å²) in [6.07, 6.45) is 14.8. The second-order valence-electron chi connectivity index (χ2n) is 6.09. The van der Waals surface area contributed by atoms with Crippen LogP contribution in [0.2, 0.25) is 0 Å². The fraction of sp³-hybridized carbons (Fsp3) is 0.550. The quantitative estimate of drug-likeness (QED) is 0.391. The van der Waals surface area contributed by atoms with Crippen molar-refractivity contribution < 1.29 is 4.57 Å². The summed E-state index contributed by atoms with van der Waals surface area (Å²) in [5, 5.41) is 1.34. The average molecular weight is 284 g/mol. The fourth-order valence-corrected chi connectivity index (χ4v) is 3.01. The van der Waals surface area contributed by atoms with Gasteiger partial charge in [-0.2, -0.15) is 4.57 Å². The van der Waals surface area contributed by atoms with Crippen molar-refractivity contribution in [1.29, 1.82) is 0 Å². The molecule has 0 unspecified atom stereocenters. The van der Waals surface area contributed by atoms with Crippen LogP contribution in [0.3, 0.4) is 0 Å². The first-order valence-corrected chi connectivity index (χ1v) is 8.79. The highest BCUT2D eigenvalue weighted by Gasteiger charge is 2.06. The van der Waals surface area contributed by atoms with Gasteiger partial charge >= 0.3 is 0 Å². The van der Waals surface area contributed by atoms with Crippen LogP contribution in [0.15, 0.2) is 42.6 Å². The van der Waals surface area contributed by atoms with Crippen LogP contribution in [0.4, 0.5) is 0 Å². The monoisotopic (exact) mass is 284 g/mol. The van der Waals surface area contributed by atoms with E-state index in [1.165, 1.54) is 68.7 Å². The first-order valence-electron chi connectivity index (χ1n) is 8.79. The van der Waals surface area contributed by atoms with E-state index in [1.807, 2.05) is 0 Å². The third kappa shape index (κ3) is 5.49. The second kappa shape index (κ2) is 9.55. The predicted octanol–water partition coefficient (Wildman–Crippen LogP) is 5.66. The molecule has 0 atom stereocenters. The third-order valence-corrected chi connectivity index (χ3v) is 4.29. The van der Waals surface area contributed by atoms with E-state index in [0.717, 1.165) is 6.54 Å². The standard InChI is InChI=1S/C20H30N/c1-2-3-4-5-6-7-8-9-12-17-21-18-13-15-19-14-10-11-16-20(19)21/h10-11,13-16,18H,2-9,12,17H2,1H3/q+1. The zero-order valence-electron chi connectivity index (χ0n) is 13.6. The predicted molar refractivity (Wildman–Crippen MR) is 91.4 cm³/mol. The van der Waals surface area contributed by atoms with Crippen LogP contribution in [0.25, 0.3) is 10.9 Å². The van der Waals surface area contributed by atoms with Crippen LogP contribution in [-0.2, 0) is 6.54 Å².